The van der Waals surface area contributed by atoms with Crippen molar-refractivity contribution in [3.8, 4) is 16.9 Å². The fraction of sp³-hybridized carbons (Fsp3) is 0.143. The summed E-state index contributed by atoms with van der Waals surface area (Å²) in [6.07, 6.45) is 0. The van der Waals surface area contributed by atoms with Gasteiger partial charge in [0, 0.05) is 16.1 Å². The summed E-state index contributed by atoms with van der Waals surface area (Å²) in [5.74, 6) is 0.257. The second kappa shape index (κ2) is 5.29. The van der Waals surface area contributed by atoms with Crippen molar-refractivity contribution in [2.24, 2.45) is 0 Å². The van der Waals surface area contributed by atoms with Crippen molar-refractivity contribution < 1.29 is 9.13 Å². The summed E-state index contributed by atoms with van der Waals surface area (Å²) in [4.78, 5) is 0. The maximum Gasteiger partial charge on any atom is 0.145 e. The van der Waals surface area contributed by atoms with Gasteiger partial charge in [0.05, 0.1) is 11.6 Å². The SMILES string of the molecule is COc1cc(Cl)ccc1-c1ccc(C)c(Br)c1F. The number of methoxy groups -OCH3 is 1. The van der Waals surface area contributed by atoms with Gasteiger partial charge in [-0.05, 0) is 46.6 Å². The molecule has 0 fully saturated rings. The molecule has 0 aliphatic carbocycles. The van der Waals surface area contributed by atoms with Gasteiger partial charge in [0.1, 0.15) is 11.6 Å². The summed E-state index contributed by atoms with van der Waals surface area (Å²) in [7, 11) is 1.54. The molecule has 18 heavy (non-hydrogen) atoms. The van der Waals surface area contributed by atoms with Gasteiger partial charge in [-0.1, -0.05) is 23.7 Å². The first-order chi connectivity index (χ1) is 8.54. The van der Waals surface area contributed by atoms with Gasteiger partial charge in [-0.3, -0.25) is 0 Å². The van der Waals surface area contributed by atoms with Crippen molar-refractivity contribution in [3.63, 3.8) is 0 Å². The van der Waals surface area contributed by atoms with Crippen LogP contribution >= 0.6 is 27.5 Å². The number of aryl methyl sites for hydroxylation is 1. The zero-order valence-electron chi connectivity index (χ0n) is 9.93. The van der Waals surface area contributed by atoms with Gasteiger partial charge in [0.25, 0.3) is 0 Å². The molecule has 4 heteroatoms. The molecule has 2 aromatic carbocycles. The van der Waals surface area contributed by atoms with Crippen LogP contribution in [0.25, 0.3) is 11.1 Å². The molecule has 0 saturated carbocycles. The van der Waals surface area contributed by atoms with Gasteiger partial charge >= 0.3 is 0 Å². The standard InChI is InChI=1S/C14H11BrClFO/c1-8-3-5-11(14(17)13(8)15)10-6-4-9(16)7-12(10)18-2/h3-7H,1-2H3. The summed E-state index contributed by atoms with van der Waals surface area (Å²) in [6.45, 7) is 1.84. The Bertz CT molecular complexity index is 599. The Morgan fingerprint density at radius 2 is 1.83 bits per heavy atom. The molecule has 0 aliphatic heterocycles. The third-order valence-corrected chi connectivity index (χ3v) is 3.94. The first-order valence-electron chi connectivity index (χ1n) is 5.33. The number of hydrogen-bond donors (Lipinski definition) is 0. The van der Waals surface area contributed by atoms with E-state index in [0.29, 0.717) is 26.4 Å². The molecule has 0 bridgehead atoms. The molecule has 0 spiro atoms. The summed E-state index contributed by atoms with van der Waals surface area (Å²) in [5, 5.41) is 0.558. The highest BCUT2D eigenvalue weighted by atomic mass is 79.9. The predicted octanol–water partition coefficient (Wildman–Crippen LogP) is 5.23. The predicted molar refractivity (Wildman–Crippen MR) is 75.8 cm³/mol. The molecule has 2 aromatic rings. The normalized spacial score (nSPS) is 10.5. The summed E-state index contributed by atoms with van der Waals surface area (Å²) < 4.78 is 19.9. The Kier molecular flexibility index (Phi) is 3.93. The third-order valence-electron chi connectivity index (χ3n) is 2.73. The monoisotopic (exact) mass is 328 g/mol. The minimum Gasteiger partial charge on any atom is -0.496 e. The lowest BCUT2D eigenvalue weighted by Gasteiger charge is -2.11. The summed E-state index contributed by atoms with van der Waals surface area (Å²) >= 11 is 9.14. The van der Waals surface area contributed by atoms with Gasteiger partial charge in [-0.15, -0.1) is 0 Å². The van der Waals surface area contributed by atoms with Crippen molar-refractivity contribution in [3.05, 3.63) is 51.2 Å². The lowest BCUT2D eigenvalue weighted by Crippen LogP contribution is -1.92. The topological polar surface area (TPSA) is 9.23 Å². The van der Waals surface area contributed by atoms with Gasteiger partial charge in [0.15, 0.2) is 0 Å². The maximum atomic E-state index is 14.2. The van der Waals surface area contributed by atoms with Gasteiger partial charge < -0.3 is 4.74 Å². The molecule has 0 amide bonds. The highest BCUT2D eigenvalue weighted by molar-refractivity contribution is 9.10. The molecule has 0 aliphatic rings. The van der Waals surface area contributed by atoms with E-state index in [9.17, 15) is 4.39 Å². The molecule has 1 nitrogen and oxygen atoms in total. The maximum absolute atomic E-state index is 14.2. The number of benzene rings is 2. The number of halogens is 3. The van der Waals surface area contributed by atoms with Crippen molar-refractivity contribution in [2.75, 3.05) is 7.11 Å². The molecule has 94 valence electrons. The van der Waals surface area contributed by atoms with E-state index in [1.54, 1.807) is 24.3 Å². The minimum atomic E-state index is -0.296. The van der Waals surface area contributed by atoms with Gasteiger partial charge in [-0.25, -0.2) is 4.39 Å². The molecule has 0 aromatic heterocycles. The van der Waals surface area contributed by atoms with E-state index in [2.05, 4.69) is 15.9 Å². The largest absolute Gasteiger partial charge is 0.496 e. The lowest BCUT2D eigenvalue weighted by atomic mass is 10.0. The lowest BCUT2D eigenvalue weighted by molar-refractivity contribution is 0.416. The summed E-state index contributed by atoms with van der Waals surface area (Å²) in [5.41, 5.74) is 2.02. The molecular formula is C14H11BrClFO. The number of hydrogen-bond acceptors (Lipinski definition) is 1. The number of ether oxygens (including phenoxy) is 1. The van der Waals surface area contributed by atoms with Crippen LogP contribution in [0, 0.1) is 12.7 Å². The molecule has 0 atom stereocenters. The van der Waals surface area contributed by atoms with Crippen molar-refractivity contribution in [1.82, 2.24) is 0 Å². The molecular weight excluding hydrogens is 319 g/mol. The van der Waals surface area contributed by atoms with Crippen LogP contribution in [-0.2, 0) is 0 Å². The van der Waals surface area contributed by atoms with E-state index >= 15 is 0 Å². The van der Waals surface area contributed by atoms with Crippen LogP contribution in [0.1, 0.15) is 5.56 Å². The fourth-order valence-corrected chi connectivity index (χ4v) is 2.25. The van der Waals surface area contributed by atoms with Crippen molar-refractivity contribution >= 4 is 27.5 Å². The second-order valence-electron chi connectivity index (χ2n) is 3.90. The Balaban J connectivity index is 2.66. The molecule has 2 rings (SSSR count). The molecule has 0 radical (unpaired) electrons. The average Bonchev–Trinajstić information content (AvgIpc) is 2.37. The Morgan fingerprint density at radius 1 is 1.17 bits per heavy atom. The van der Waals surface area contributed by atoms with E-state index in [4.69, 9.17) is 16.3 Å². The van der Waals surface area contributed by atoms with Crippen LogP contribution in [0.2, 0.25) is 5.02 Å². The van der Waals surface area contributed by atoms with Gasteiger partial charge in [0.2, 0.25) is 0 Å². The van der Waals surface area contributed by atoms with Crippen LogP contribution in [0.4, 0.5) is 4.39 Å². The second-order valence-corrected chi connectivity index (χ2v) is 5.13. The Morgan fingerprint density at radius 3 is 2.50 bits per heavy atom. The quantitative estimate of drug-likeness (QED) is 0.733. The molecule has 0 unspecified atom stereocenters. The molecule has 0 saturated heterocycles. The Labute approximate surface area is 119 Å². The van der Waals surface area contributed by atoms with Crippen LogP contribution < -0.4 is 4.74 Å². The molecule has 0 N–H and O–H groups in total. The first-order valence-corrected chi connectivity index (χ1v) is 6.50. The van der Waals surface area contributed by atoms with Crippen LogP contribution in [0.5, 0.6) is 5.75 Å². The van der Waals surface area contributed by atoms with E-state index in [1.807, 2.05) is 13.0 Å². The van der Waals surface area contributed by atoms with Gasteiger partial charge in [-0.2, -0.15) is 0 Å². The van der Waals surface area contributed by atoms with E-state index < -0.39 is 0 Å². The summed E-state index contributed by atoms with van der Waals surface area (Å²) in [6, 6.07) is 8.73. The van der Waals surface area contributed by atoms with E-state index in [-0.39, 0.29) is 5.82 Å². The first kappa shape index (κ1) is 13.4. The van der Waals surface area contributed by atoms with E-state index in [1.165, 1.54) is 7.11 Å². The highest BCUT2D eigenvalue weighted by Crippen LogP contribution is 2.36. The third kappa shape index (κ3) is 2.38. The van der Waals surface area contributed by atoms with Crippen LogP contribution in [0.15, 0.2) is 34.8 Å². The fourth-order valence-electron chi connectivity index (χ4n) is 1.74. The van der Waals surface area contributed by atoms with Crippen LogP contribution in [-0.4, -0.2) is 7.11 Å². The van der Waals surface area contributed by atoms with Crippen LogP contribution in [0.3, 0.4) is 0 Å². The van der Waals surface area contributed by atoms with Crippen molar-refractivity contribution in [1.29, 1.82) is 0 Å². The van der Waals surface area contributed by atoms with Crippen molar-refractivity contribution in [2.45, 2.75) is 6.92 Å². The average molecular weight is 330 g/mol. The number of rotatable bonds is 2. The minimum absolute atomic E-state index is 0.296. The zero-order valence-corrected chi connectivity index (χ0v) is 12.3. The highest BCUT2D eigenvalue weighted by Gasteiger charge is 2.14. The smallest absolute Gasteiger partial charge is 0.145 e. The zero-order chi connectivity index (χ0) is 13.3. The van der Waals surface area contributed by atoms with E-state index in [0.717, 1.165) is 5.56 Å². The Hall–Kier alpha value is -1.06. The molecule has 0 heterocycles.